The summed E-state index contributed by atoms with van der Waals surface area (Å²) in [4.78, 5) is 14.7. The molecule has 144 valence electrons. The molecular formula is C22H23N3O3. The van der Waals surface area contributed by atoms with Gasteiger partial charge in [-0.1, -0.05) is 29.4 Å². The van der Waals surface area contributed by atoms with E-state index in [1.165, 1.54) is 0 Å². The Morgan fingerprint density at radius 1 is 1.14 bits per heavy atom. The number of carbonyl (C=O) groups excluding carboxylic acids is 1. The van der Waals surface area contributed by atoms with E-state index in [-0.39, 0.29) is 12.1 Å². The van der Waals surface area contributed by atoms with Crippen LogP contribution in [0.3, 0.4) is 0 Å². The summed E-state index contributed by atoms with van der Waals surface area (Å²) < 4.78 is 11.1. The first-order chi connectivity index (χ1) is 13.6. The third-order valence-electron chi connectivity index (χ3n) is 5.12. The summed E-state index contributed by atoms with van der Waals surface area (Å²) in [5, 5.41) is 7.42. The third kappa shape index (κ3) is 3.22. The maximum Gasteiger partial charge on any atom is 0.257 e. The van der Waals surface area contributed by atoms with Crippen LogP contribution in [0.25, 0.3) is 0 Å². The van der Waals surface area contributed by atoms with Crippen LogP contribution in [-0.2, 0) is 6.61 Å². The molecule has 1 aliphatic rings. The molecule has 1 aromatic heterocycles. The van der Waals surface area contributed by atoms with E-state index in [2.05, 4.69) is 10.5 Å². The fraction of sp³-hybridized carbons (Fsp3) is 0.273. The topological polar surface area (TPSA) is 67.6 Å². The fourth-order valence-corrected chi connectivity index (χ4v) is 3.49. The highest BCUT2D eigenvalue weighted by molar-refractivity contribution is 6.01. The summed E-state index contributed by atoms with van der Waals surface area (Å²) in [6.07, 6.45) is -0.205. The van der Waals surface area contributed by atoms with Crippen LogP contribution in [0.1, 0.15) is 46.0 Å². The minimum atomic E-state index is -0.205. The Bertz CT molecular complexity index is 975. The molecule has 0 fully saturated rings. The molecule has 0 saturated heterocycles. The minimum absolute atomic E-state index is 0.0422. The van der Waals surface area contributed by atoms with Crippen LogP contribution in [-0.4, -0.2) is 22.5 Å². The lowest BCUT2D eigenvalue weighted by Crippen LogP contribution is -2.42. The Morgan fingerprint density at radius 2 is 1.89 bits per heavy atom. The van der Waals surface area contributed by atoms with Gasteiger partial charge in [0.05, 0.1) is 16.8 Å². The van der Waals surface area contributed by atoms with Crippen molar-refractivity contribution in [1.82, 2.24) is 10.1 Å². The zero-order valence-electron chi connectivity index (χ0n) is 16.2. The quantitative estimate of drug-likeness (QED) is 0.711. The summed E-state index contributed by atoms with van der Waals surface area (Å²) in [5.74, 6) is 1.58. The number of para-hydroxylation sites is 1. The molecule has 3 aromatic rings. The van der Waals surface area contributed by atoms with E-state index in [1.54, 1.807) is 0 Å². The second-order valence-corrected chi connectivity index (χ2v) is 6.84. The maximum absolute atomic E-state index is 12.8. The van der Waals surface area contributed by atoms with Gasteiger partial charge in [0.1, 0.15) is 24.3 Å². The van der Waals surface area contributed by atoms with E-state index in [9.17, 15) is 4.79 Å². The molecule has 2 heterocycles. The Morgan fingerprint density at radius 3 is 2.57 bits per heavy atom. The van der Waals surface area contributed by atoms with Gasteiger partial charge in [0, 0.05) is 12.2 Å². The normalized spacial score (nSPS) is 15.9. The van der Waals surface area contributed by atoms with E-state index in [1.807, 2.05) is 74.2 Å². The Balaban J connectivity index is 1.52. The van der Waals surface area contributed by atoms with E-state index in [4.69, 9.17) is 9.26 Å². The average Bonchev–Trinajstić information content (AvgIpc) is 3.04. The van der Waals surface area contributed by atoms with Crippen LogP contribution in [0.4, 0.5) is 5.69 Å². The second-order valence-electron chi connectivity index (χ2n) is 6.84. The molecule has 6 nitrogen and oxygen atoms in total. The molecule has 0 radical (unpaired) electrons. The molecule has 1 aliphatic heterocycles. The third-order valence-corrected chi connectivity index (χ3v) is 5.12. The van der Waals surface area contributed by atoms with Gasteiger partial charge in [-0.05, 0) is 50.6 Å². The van der Waals surface area contributed by atoms with Crippen molar-refractivity contribution in [1.29, 1.82) is 0 Å². The lowest BCUT2D eigenvalue weighted by molar-refractivity contribution is 0.0695. The summed E-state index contributed by atoms with van der Waals surface area (Å²) >= 11 is 0. The van der Waals surface area contributed by atoms with Crippen molar-refractivity contribution in [2.75, 3.05) is 11.9 Å². The molecule has 1 atom stereocenters. The van der Waals surface area contributed by atoms with E-state index in [0.717, 1.165) is 34.0 Å². The SMILES string of the molecule is CCN1C(=O)c2ccccc2NC1c1ccc(OCc2c(C)noc2C)cc1. The van der Waals surface area contributed by atoms with Crippen molar-refractivity contribution in [3.8, 4) is 5.75 Å². The number of anilines is 1. The lowest BCUT2D eigenvalue weighted by Gasteiger charge is -2.37. The van der Waals surface area contributed by atoms with Gasteiger partial charge in [0.25, 0.3) is 5.91 Å². The van der Waals surface area contributed by atoms with Crippen molar-refractivity contribution in [2.24, 2.45) is 0 Å². The summed E-state index contributed by atoms with van der Waals surface area (Å²) in [6.45, 7) is 6.80. The molecule has 1 amide bonds. The summed E-state index contributed by atoms with van der Waals surface area (Å²) in [6, 6.07) is 15.4. The molecule has 0 saturated carbocycles. The van der Waals surface area contributed by atoms with Gasteiger partial charge in [-0.25, -0.2) is 0 Å². The van der Waals surface area contributed by atoms with Crippen LogP contribution in [0.2, 0.25) is 0 Å². The first kappa shape index (κ1) is 18.1. The van der Waals surface area contributed by atoms with Gasteiger partial charge < -0.3 is 19.5 Å². The molecule has 1 N–H and O–H groups in total. The van der Waals surface area contributed by atoms with E-state index < -0.39 is 0 Å². The molecule has 2 aromatic carbocycles. The minimum Gasteiger partial charge on any atom is -0.489 e. The standard InChI is InChI=1S/C22H23N3O3/c1-4-25-21(23-20-8-6-5-7-18(20)22(25)26)16-9-11-17(12-10-16)27-13-19-14(2)24-28-15(19)3/h5-12,21,23H,4,13H2,1-3H3. The maximum atomic E-state index is 12.8. The smallest absolute Gasteiger partial charge is 0.257 e. The van der Waals surface area contributed by atoms with Crippen LogP contribution in [0.15, 0.2) is 53.1 Å². The summed E-state index contributed by atoms with van der Waals surface area (Å²) in [7, 11) is 0. The van der Waals surface area contributed by atoms with Crippen LogP contribution in [0.5, 0.6) is 5.75 Å². The van der Waals surface area contributed by atoms with Crippen molar-refractivity contribution >= 4 is 11.6 Å². The van der Waals surface area contributed by atoms with Gasteiger partial charge in [0.15, 0.2) is 0 Å². The highest BCUT2D eigenvalue weighted by atomic mass is 16.5. The molecule has 1 unspecified atom stereocenters. The van der Waals surface area contributed by atoms with Gasteiger partial charge >= 0.3 is 0 Å². The van der Waals surface area contributed by atoms with Crippen LogP contribution < -0.4 is 10.1 Å². The molecule has 6 heteroatoms. The molecular weight excluding hydrogens is 354 g/mol. The largest absolute Gasteiger partial charge is 0.489 e. The van der Waals surface area contributed by atoms with Gasteiger partial charge in [-0.2, -0.15) is 0 Å². The Kier molecular flexibility index (Phi) is 4.77. The van der Waals surface area contributed by atoms with Crippen molar-refractivity contribution < 1.29 is 14.1 Å². The number of fused-ring (bicyclic) bond motifs is 1. The molecule has 4 rings (SSSR count). The first-order valence-electron chi connectivity index (χ1n) is 9.39. The number of hydrogen-bond acceptors (Lipinski definition) is 5. The molecule has 0 aliphatic carbocycles. The highest BCUT2D eigenvalue weighted by Crippen LogP contribution is 2.33. The first-order valence-corrected chi connectivity index (χ1v) is 9.39. The predicted molar refractivity (Wildman–Crippen MR) is 106 cm³/mol. The average molecular weight is 377 g/mol. The van der Waals surface area contributed by atoms with E-state index >= 15 is 0 Å². The number of rotatable bonds is 5. The summed E-state index contributed by atoms with van der Waals surface area (Å²) in [5.41, 5.74) is 4.39. The highest BCUT2D eigenvalue weighted by Gasteiger charge is 2.31. The van der Waals surface area contributed by atoms with Crippen molar-refractivity contribution in [3.63, 3.8) is 0 Å². The fourth-order valence-electron chi connectivity index (χ4n) is 3.49. The Labute approximate surface area is 164 Å². The van der Waals surface area contributed by atoms with E-state index in [0.29, 0.717) is 18.7 Å². The predicted octanol–water partition coefficient (Wildman–Crippen LogP) is 4.46. The lowest BCUT2D eigenvalue weighted by atomic mass is 10.0. The van der Waals surface area contributed by atoms with Gasteiger partial charge in [0.2, 0.25) is 0 Å². The number of benzene rings is 2. The van der Waals surface area contributed by atoms with Gasteiger partial charge in [-0.3, -0.25) is 4.79 Å². The van der Waals surface area contributed by atoms with Crippen LogP contribution in [0, 0.1) is 13.8 Å². The molecule has 0 bridgehead atoms. The number of hydrogen-bond donors (Lipinski definition) is 1. The second kappa shape index (κ2) is 7.38. The molecule has 0 spiro atoms. The van der Waals surface area contributed by atoms with Crippen molar-refractivity contribution in [3.05, 3.63) is 76.7 Å². The number of ether oxygens (including phenoxy) is 1. The van der Waals surface area contributed by atoms with Crippen LogP contribution >= 0.6 is 0 Å². The Hall–Kier alpha value is -3.28. The van der Waals surface area contributed by atoms with Gasteiger partial charge in [-0.15, -0.1) is 0 Å². The zero-order valence-corrected chi connectivity index (χ0v) is 16.2. The molecule has 28 heavy (non-hydrogen) atoms. The monoisotopic (exact) mass is 377 g/mol. The number of amides is 1. The number of aryl methyl sites for hydroxylation is 2. The number of carbonyl (C=O) groups is 1. The number of nitrogens with zero attached hydrogens (tertiary/aromatic N) is 2. The van der Waals surface area contributed by atoms with Crippen molar-refractivity contribution in [2.45, 2.75) is 33.5 Å². The number of nitrogens with one attached hydrogen (secondary N) is 1. The zero-order chi connectivity index (χ0) is 19.7. The number of aromatic nitrogens is 1.